The van der Waals surface area contributed by atoms with E-state index in [1.165, 1.54) is 0 Å². The van der Waals surface area contributed by atoms with Crippen molar-refractivity contribution < 1.29 is 8.94 Å². The summed E-state index contributed by atoms with van der Waals surface area (Å²) in [6.07, 6.45) is 1.59. The molecule has 0 aliphatic heterocycles. The Hall–Kier alpha value is -1.62. The first-order valence-electron chi connectivity index (χ1n) is 4.66. The van der Waals surface area contributed by atoms with Crippen LogP contribution < -0.4 is 5.73 Å². The van der Waals surface area contributed by atoms with Crippen LogP contribution in [0.2, 0.25) is 0 Å². The second kappa shape index (κ2) is 3.20. The monoisotopic (exact) mass is 207 g/mol. The van der Waals surface area contributed by atoms with Crippen LogP contribution in [0.3, 0.4) is 0 Å². The van der Waals surface area contributed by atoms with Gasteiger partial charge in [0.15, 0.2) is 5.76 Å². The summed E-state index contributed by atoms with van der Waals surface area (Å²) < 4.78 is 10.3. The highest BCUT2D eigenvalue weighted by atomic mass is 16.5. The van der Waals surface area contributed by atoms with Crippen LogP contribution in [-0.4, -0.2) is 10.1 Å². The topological polar surface area (TPSA) is 78.1 Å². The second-order valence-electron chi connectivity index (χ2n) is 4.08. The Morgan fingerprint density at radius 1 is 1.40 bits per heavy atom. The van der Waals surface area contributed by atoms with Crippen molar-refractivity contribution in [1.82, 2.24) is 10.1 Å². The van der Waals surface area contributed by atoms with E-state index in [2.05, 4.69) is 10.1 Å². The molecule has 5 heteroatoms. The van der Waals surface area contributed by atoms with Crippen molar-refractivity contribution in [3.05, 3.63) is 23.8 Å². The van der Waals surface area contributed by atoms with Crippen LogP contribution in [0.25, 0.3) is 11.6 Å². The SMILES string of the molecule is Cc1ccoc1-c1noc(C(C)(C)N)n1. The average molecular weight is 207 g/mol. The summed E-state index contributed by atoms with van der Waals surface area (Å²) in [6, 6.07) is 1.85. The van der Waals surface area contributed by atoms with Gasteiger partial charge >= 0.3 is 0 Å². The maximum Gasteiger partial charge on any atom is 0.246 e. The van der Waals surface area contributed by atoms with Gasteiger partial charge < -0.3 is 14.7 Å². The highest BCUT2D eigenvalue weighted by Gasteiger charge is 2.24. The predicted molar refractivity (Wildman–Crippen MR) is 54.0 cm³/mol. The summed E-state index contributed by atoms with van der Waals surface area (Å²) in [5.74, 6) is 1.45. The first-order chi connectivity index (χ1) is 6.98. The maximum atomic E-state index is 5.83. The van der Waals surface area contributed by atoms with Gasteiger partial charge in [0.1, 0.15) is 0 Å². The van der Waals surface area contributed by atoms with Crippen molar-refractivity contribution in [1.29, 1.82) is 0 Å². The van der Waals surface area contributed by atoms with Crippen molar-refractivity contribution in [2.45, 2.75) is 26.3 Å². The zero-order valence-corrected chi connectivity index (χ0v) is 8.94. The van der Waals surface area contributed by atoms with Gasteiger partial charge in [0.05, 0.1) is 11.8 Å². The largest absolute Gasteiger partial charge is 0.461 e. The summed E-state index contributed by atoms with van der Waals surface area (Å²) in [7, 11) is 0. The van der Waals surface area contributed by atoms with E-state index in [0.717, 1.165) is 5.56 Å². The number of aryl methyl sites for hydroxylation is 1. The molecule has 0 unspecified atom stereocenters. The average Bonchev–Trinajstić information content (AvgIpc) is 2.69. The van der Waals surface area contributed by atoms with Gasteiger partial charge in [-0.2, -0.15) is 4.98 Å². The number of nitrogens with zero attached hydrogens (tertiary/aromatic N) is 2. The second-order valence-corrected chi connectivity index (χ2v) is 4.08. The van der Waals surface area contributed by atoms with Gasteiger partial charge in [-0.3, -0.25) is 0 Å². The normalized spacial score (nSPS) is 12.0. The van der Waals surface area contributed by atoms with Crippen LogP contribution in [0.5, 0.6) is 0 Å². The van der Waals surface area contributed by atoms with Crippen molar-refractivity contribution in [2.75, 3.05) is 0 Å². The Morgan fingerprint density at radius 3 is 2.60 bits per heavy atom. The Kier molecular flexibility index (Phi) is 2.12. The van der Waals surface area contributed by atoms with E-state index in [-0.39, 0.29) is 0 Å². The summed E-state index contributed by atoms with van der Waals surface area (Å²) in [5, 5.41) is 3.83. The highest BCUT2D eigenvalue weighted by molar-refractivity contribution is 5.51. The molecule has 0 bridgehead atoms. The third-order valence-corrected chi connectivity index (χ3v) is 2.04. The lowest BCUT2D eigenvalue weighted by Crippen LogP contribution is -2.28. The van der Waals surface area contributed by atoms with Crippen LogP contribution in [0.15, 0.2) is 21.3 Å². The third-order valence-electron chi connectivity index (χ3n) is 2.04. The van der Waals surface area contributed by atoms with Gasteiger partial charge in [0.25, 0.3) is 0 Å². The van der Waals surface area contributed by atoms with Gasteiger partial charge in [-0.05, 0) is 32.4 Å². The molecule has 0 saturated heterocycles. The first-order valence-corrected chi connectivity index (χ1v) is 4.66. The minimum absolute atomic E-state index is 0.397. The fourth-order valence-corrected chi connectivity index (χ4v) is 1.18. The molecule has 2 aromatic rings. The summed E-state index contributed by atoms with van der Waals surface area (Å²) in [5.41, 5.74) is 6.17. The molecule has 0 fully saturated rings. The molecular weight excluding hydrogens is 194 g/mol. The van der Waals surface area contributed by atoms with Crippen molar-refractivity contribution >= 4 is 0 Å². The van der Waals surface area contributed by atoms with Gasteiger partial charge in [-0.15, -0.1) is 0 Å². The first kappa shape index (κ1) is 9.92. The Labute approximate surface area is 87.3 Å². The number of hydrogen-bond donors (Lipinski definition) is 1. The van der Waals surface area contributed by atoms with Crippen molar-refractivity contribution in [3.63, 3.8) is 0 Å². The molecule has 0 spiro atoms. The summed E-state index contributed by atoms with van der Waals surface area (Å²) in [4.78, 5) is 4.19. The van der Waals surface area contributed by atoms with Gasteiger partial charge in [-0.25, -0.2) is 0 Å². The van der Waals surface area contributed by atoms with E-state index in [1.54, 1.807) is 20.1 Å². The Morgan fingerprint density at radius 2 is 2.13 bits per heavy atom. The number of nitrogens with two attached hydrogens (primary N) is 1. The Bertz CT molecular complexity index is 465. The van der Waals surface area contributed by atoms with E-state index >= 15 is 0 Å². The highest BCUT2D eigenvalue weighted by Crippen LogP contribution is 2.23. The van der Waals surface area contributed by atoms with Crippen LogP contribution in [0.1, 0.15) is 25.3 Å². The van der Waals surface area contributed by atoms with Crippen molar-refractivity contribution in [3.8, 4) is 11.6 Å². The molecule has 0 aliphatic rings. The summed E-state index contributed by atoms with van der Waals surface area (Å²) >= 11 is 0. The molecule has 2 N–H and O–H groups in total. The molecule has 0 radical (unpaired) electrons. The summed E-state index contributed by atoms with van der Waals surface area (Å²) in [6.45, 7) is 5.53. The van der Waals surface area contributed by atoms with Gasteiger partial charge in [-0.1, -0.05) is 5.16 Å². The smallest absolute Gasteiger partial charge is 0.246 e. The fourth-order valence-electron chi connectivity index (χ4n) is 1.18. The van der Waals surface area contributed by atoms with E-state index in [4.69, 9.17) is 14.7 Å². The molecule has 2 aromatic heterocycles. The lowest BCUT2D eigenvalue weighted by Gasteiger charge is -2.10. The van der Waals surface area contributed by atoms with Crippen LogP contribution in [0.4, 0.5) is 0 Å². The molecule has 5 nitrogen and oxygen atoms in total. The quantitative estimate of drug-likeness (QED) is 0.812. The number of rotatable bonds is 2. The van der Waals surface area contributed by atoms with Crippen molar-refractivity contribution in [2.24, 2.45) is 5.73 Å². The molecule has 80 valence electrons. The van der Waals surface area contributed by atoms with Gasteiger partial charge in [0.2, 0.25) is 11.7 Å². The number of aromatic nitrogens is 2. The molecule has 0 aromatic carbocycles. The molecule has 0 aliphatic carbocycles. The molecule has 2 rings (SSSR count). The van der Waals surface area contributed by atoms with E-state index in [9.17, 15) is 0 Å². The van der Waals surface area contributed by atoms with Crippen LogP contribution >= 0.6 is 0 Å². The number of hydrogen-bond acceptors (Lipinski definition) is 5. The van der Waals surface area contributed by atoms with Crippen LogP contribution in [0, 0.1) is 6.92 Å². The molecule has 2 heterocycles. The zero-order chi connectivity index (χ0) is 11.1. The molecule has 0 atom stereocenters. The molecule has 0 saturated carbocycles. The fraction of sp³-hybridized carbons (Fsp3) is 0.400. The molecule has 0 amide bonds. The number of furan rings is 1. The third kappa shape index (κ3) is 1.78. The van der Waals surface area contributed by atoms with E-state index in [0.29, 0.717) is 17.5 Å². The minimum atomic E-state index is -0.633. The molecule has 15 heavy (non-hydrogen) atoms. The standard InChI is InChI=1S/C10H13N3O2/c1-6-4-5-14-7(6)8-12-9(15-13-8)10(2,3)11/h4-5H,11H2,1-3H3. The van der Waals surface area contributed by atoms with Crippen LogP contribution in [-0.2, 0) is 5.54 Å². The van der Waals surface area contributed by atoms with E-state index < -0.39 is 5.54 Å². The maximum absolute atomic E-state index is 5.83. The van der Waals surface area contributed by atoms with E-state index in [1.807, 2.05) is 13.0 Å². The van der Waals surface area contributed by atoms with Gasteiger partial charge in [0, 0.05) is 0 Å². The Balaban J connectivity index is 2.41. The lowest BCUT2D eigenvalue weighted by molar-refractivity contribution is 0.312. The lowest BCUT2D eigenvalue weighted by atomic mass is 10.1. The predicted octanol–water partition coefficient (Wildman–Crippen LogP) is 1.83. The minimum Gasteiger partial charge on any atom is -0.461 e. The zero-order valence-electron chi connectivity index (χ0n) is 8.94. The molecular formula is C10H13N3O2.